The van der Waals surface area contributed by atoms with Crippen LogP contribution in [0.1, 0.15) is 32.1 Å². The van der Waals surface area contributed by atoms with Crippen molar-refractivity contribution in [1.29, 1.82) is 0 Å². The van der Waals surface area contributed by atoms with E-state index >= 15 is 0 Å². The molecule has 3 rings (SSSR count). The first-order valence-corrected chi connectivity index (χ1v) is 7.72. The summed E-state index contributed by atoms with van der Waals surface area (Å²) in [6, 6.07) is 5.85. The summed E-state index contributed by atoms with van der Waals surface area (Å²) in [6.45, 7) is 0.290. The van der Waals surface area contributed by atoms with Crippen LogP contribution in [0.3, 0.4) is 0 Å². The molecular weight excluding hydrogens is 282 g/mol. The molecule has 3 N–H and O–H groups in total. The second-order valence-electron chi connectivity index (χ2n) is 5.86. The number of fused-ring (bicyclic) bond motifs is 1. The second kappa shape index (κ2) is 6.31. The molecule has 7 heteroatoms. The molecule has 0 radical (unpaired) electrons. The van der Waals surface area contributed by atoms with Crippen molar-refractivity contribution in [2.24, 2.45) is 5.73 Å². The summed E-state index contributed by atoms with van der Waals surface area (Å²) >= 11 is 0. The third kappa shape index (κ3) is 3.19. The van der Waals surface area contributed by atoms with Crippen LogP contribution in [0.2, 0.25) is 0 Å². The maximum absolute atomic E-state index is 12.1. The predicted octanol–water partition coefficient (Wildman–Crippen LogP) is 0.272. The number of aryl methyl sites for hydroxylation is 1. The molecule has 0 spiro atoms. The molecule has 7 nitrogen and oxygen atoms in total. The van der Waals surface area contributed by atoms with E-state index < -0.39 is 0 Å². The third-order valence-corrected chi connectivity index (χ3v) is 4.18. The number of amides is 1. The van der Waals surface area contributed by atoms with Crippen LogP contribution in [-0.4, -0.2) is 32.2 Å². The van der Waals surface area contributed by atoms with Gasteiger partial charge in [0.25, 0.3) is 0 Å². The summed E-state index contributed by atoms with van der Waals surface area (Å²) in [7, 11) is 0. The number of nitrogens with zero attached hydrogens (tertiary/aromatic N) is 3. The van der Waals surface area contributed by atoms with E-state index in [4.69, 9.17) is 5.73 Å². The van der Waals surface area contributed by atoms with Crippen LogP contribution in [0.5, 0.6) is 0 Å². The van der Waals surface area contributed by atoms with E-state index in [1.807, 2.05) is 6.07 Å². The lowest BCUT2D eigenvalue weighted by atomic mass is 9.92. The van der Waals surface area contributed by atoms with Gasteiger partial charge in [0, 0.05) is 24.7 Å². The van der Waals surface area contributed by atoms with Crippen LogP contribution in [0.25, 0.3) is 5.65 Å². The number of hydrogen-bond donors (Lipinski definition) is 2. The molecule has 0 bridgehead atoms. The van der Waals surface area contributed by atoms with Crippen LogP contribution in [0, 0.1) is 0 Å². The first-order valence-electron chi connectivity index (χ1n) is 7.72. The molecule has 0 aliphatic heterocycles. The van der Waals surface area contributed by atoms with E-state index in [0.29, 0.717) is 12.2 Å². The topological polar surface area (TPSA) is 94.4 Å². The maximum Gasteiger partial charge on any atom is 0.350 e. The van der Waals surface area contributed by atoms with Crippen LogP contribution < -0.4 is 16.7 Å². The molecule has 1 saturated carbocycles. The van der Waals surface area contributed by atoms with Gasteiger partial charge in [0.05, 0.1) is 6.54 Å². The Morgan fingerprint density at radius 2 is 2.09 bits per heavy atom. The number of nitrogens with one attached hydrogen (secondary N) is 1. The van der Waals surface area contributed by atoms with Crippen molar-refractivity contribution in [1.82, 2.24) is 19.5 Å². The highest BCUT2D eigenvalue weighted by molar-refractivity contribution is 5.76. The van der Waals surface area contributed by atoms with Crippen molar-refractivity contribution in [2.45, 2.75) is 50.7 Å². The van der Waals surface area contributed by atoms with Gasteiger partial charge < -0.3 is 11.1 Å². The van der Waals surface area contributed by atoms with E-state index in [9.17, 15) is 9.59 Å². The lowest BCUT2D eigenvalue weighted by molar-refractivity contribution is -0.122. The number of rotatable bonds is 4. The third-order valence-electron chi connectivity index (χ3n) is 4.18. The van der Waals surface area contributed by atoms with Gasteiger partial charge in [-0.2, -0.15) is 0 Å². The number of carbonyl (C=O) groups excluding carboxylic acids is 1. The van der Waals surface area contributed by atoms with Gasteiger partial charge in [0.15, 0.2) is 5.65 Å². The van der Waals surface area contributed by atoms with E-state index in [0.717, 1.165) is 25.7 Å². The summed E-state index contributed by atoms with van der Waals surface area (Å²) in [5.74, 6) is -0.0376. The number of aromatic nitrogens is 3. The summed E-state index contributed by atoms with van der Waals surface area (Å²) in [5.41, 5.74) is 6.23. The molecule has 118 valence electrons. The Morgan fingerprint density at radius 1 is 1.32 bits per heavy atom. The van der Waals surface area contributed by atoms with E-state index in [1.165, 1.54) is 9.08 Å². The first kappa shape index (κ1) is 14.8. The zero-order valence-electron chi connectivity index (χ0n) is 12.4. The van der Waals surface area contributed by atoms with Crippen LogP contribution >= 0.6 is 0 Å². The Balaban J connectivity index is 1.56. The van der Waals surface area contributed by atoms with Gasteiger partial charge in [-0.15, -0.1) is 5.10 Å². The van der Waals surface area contributed by atoms with E-state index in [2.05, 4.69) is 10.4 Å². The van der Waals surface area contributed by atoms with Gasteiger partial charge in [-0.1, -0.05) is 6.07 Å². The first-order chi connectivity index (χ1) is 10.6. The van der Waals surface area contributed by atoms with Crippen molar-refractivity contribution in [2.75, 3.05) is 0 Å². The number of nitrogens with two attached hydrogens (primary N) is 1. The minimum atomic E-state index is -0.216. The Kier molecular flexibility index (Phi) is 4.24. The zero-order chi connectivity index (χ0) is 15.5. The lowest BCUT2D eigenvalue weighted by Gasteiger charge is -2.26. The number of hydrogen-bond acceptors (Lipinski definition) is 4. The minimum Gasteiger partial charge on any atom is -0.353 e. The van der Waals surface area contributed by atoms with Crippen molar-refractivity contribution in [3.05, 3.63) is 34.9 Å². The van der Waals surface area contributed by atoms with Gasteiger partial charge in [0.2, 0.25) is 5.91 Å². The van der Waals surface area contributed by atoms with E-state index in [1.54, 1.807) is 18.3 Å². The van der Waals surface area contributed by atoms with Crippen LogP contribution in [-0.2, 0) is 11.3 Å². The molecule has 0 saturated heterocycles. The largest absolute Gasteiger partial charge is 0.353 e. The van der Waals surface area contributed by atoms with Crippen LogP contribution in [0.4, 0.5) is 0 Å². The highest BCUT2D eigenvalue weighted by Crippen LogP contribution is 2.16. The molecule has 1 aliphatic rings. The molecule has 2 aromatic rings. The van der Waals surface area contributed by atoms with Gasteiger partial charge >= 0.3 is 5.69 Å². The Labute approximate surface area is 128 Å². The van der Waals surface area contributed by atoms with Gasteiger partial charge in [0.1, 0.15) is 0 Å². The average Bonchev–Trinajstić information content (AvgIpc) is 2.84. The zero-order valence-corrected chi connectivity index (χ0v) is 12.4. The molecule has 22 heavy (non-hydrogen) atoms. The smallest absolute Gasteiger partial charge is 0.350 e. The Hall–Kier alpha value is -2.15. The van der Waals surface area contributed by atoms with Crippen molar-refractivity contribution >= 4 is 11.6 Å². The number of pyridine rings is 1. The quantitative estimate of drug-likeness (QED) is 0.848. The molecule has 1 amide bonds. The van der Waals surface area contributed by atoms with Crippen molar-refractivity contribution in [3.8, 4) is 0 Å². The molecule has 1 aliphatic carbocycles. The molecule has 0 aromatic carbocycles. The molecule has 1 fully saturated rings. The fourth-order valence-electron chi connectivity index (χ4n) is 2.88. The highest BCUT2D eigenvalue weighted by atomic mass is 16.2. The molecular formula is C15H21N5O2. The molecule has 2 aromatic heterocycles. The summed E-state index contributed by atoms with van der Waals surface area (Å²) < 4.78 is 2.81. The summed E-state index contributed by atoms with van der Waals surface area (Å²) in [5, 5.41) is 7.23. The number of carbonyl (C=O) groups is 1. The van der Waals surface area contributed by atoms with Gasteiger partial charge in [-0.05, 0) is 37.8 Å². The van der Waals surface area contributed by atoms with Gasteiger partial charge in [-0.25, -0.2) is 9.48 Å². The van der Waals surface area contributed by atoms with Crippen molar-refractivity contribution in [3.63, 3.8) is 0 Å². The average molecular weight is 303 g/mol. The lowest BCUT2D eigenvalue weighted by Crippen LogP contribution is -2.40. The monoisotopic (exact) mass is 303 g/mol. The molecule has 0 atom stereocenters. The second-order valence-corrected chi connectivity index (χ2v) is 5.86. The SMILES string of the molecule is NC1CCC(NC(=O)CCn2nc3ccccn3c2=O)CC1. The minimum absolute atomic E-state index is 0.0376. The summed E-state index contributed by atoms with van der Waals surface area (Å²) in [6.07, 6.45) is 5.70. The fourth-order valence-corrected chi connectivity index (χ4v) is 2.88. The van der Waals surface area contributed by atoms with Gasteiger partial charge in [-0.3, -0.25) is 9.20 Å². The molecule has 0 unspecified atom stereocenters. The Bertz CT molecular complexity index is 712. The standard InChI is InChI=1S/C15H21N5O2/c16-11-4-6-12(7-5-11)17-14(21)8-10-20-15(22)19-9-2-1-3-13(19)18-20/h1-3,9,11-12H,4-8,10,16H2,(H,17,21). The summed E-state index contributed by atoms with van der Waals surface area (Å²) in [4.78, 5) is 24.1. The highest BCUT2D eigenvalue weighted by Gasteiger charge is 2.20. The molecule has 2 heterocycles. The predicted molar refractivity (Wildman–Crippen MR) is 82.4 cm³/mol. The maximum atomic E-state index is 12.1. The van der Waals surface area contributed by atoms with Crippen LogP contribution in [0.15, 0.2) is 29.2 Å². The Morgan fingerprint density at radius 3 is 2.82 bits per heavy atom. The normalized spacial score (nSPS) is 21.9. The van der Waals surface area contributed by atoms with Crippen molar-refractivity contribution < 1.29 is 4.79 Å². The fraction of sp³-hybridized carbons (Fsp3) is 0.533. The van der Waals surface area contributed by atoms with E-state index in [-0.39, 0.29) is 30.1 Å².